The molecular weight excluding hydrogens is 258 g/mol. The highest BCUT2D eigenvalue weighted by molar-refractivity contribution is 5.93. The summed E-state index contributed by atoms with van der Waals surface area (Å²) in [6.07, 6.45) is -0.388. The zero-order chi connectivity index (χ0) is 15.3. The molecule has 6 nitrogen and oxygen atoms in total. The molecule has 0 aromatic heterocycles. The number of nitrogens with two attached hydrogens (primary N) is 1. The van der Waals surface area contributed by atoms with E-state index in [-0.39, 0.29) is 12.0 Å². The van der Waals surface area contributed by atoms with Crippen molar-refractivity contribution in [3.05, 3.63) is 35.4 Å². The van der Waals surface area contributed by atoms with Gasteiger partial charge in [-0.1, -0.05) is 12.1 Å². The largest absolute Gasteiger partial charge is 0.444 e. The van der Waals surface area contributed by atoms with Crippen molar-refractivity contribution in [3.63, 3.8) is 0 Å². The number of carbonyl (C=O) groups is 2. The number of nitrogens with one attached hydrogen (secondary N) is 1. The summed E-state index contributed by atoms with van der Waals surface area (Å²) in [6.45, 7) is 5.86. The van der Waals surface area contributed by atoms with Crippen LogP contribution < -0.4 is 11.3 Å². The van der Waals surface area contributed by atoms with Gasteiger partial charge < -0.3 is 9.64 Å². The van der Waals surface area contributed by atoms with E-state index in [1.54, 1.807) is 31.3 Å². The highest BCUT2D eigenvalue weighted by Gasteiger charge is 2.19. The zero-order valence-electron chi connectivity index (χ0n) is 12.3. The summed E-state index contributed by atoms with van der Waals surface area (Å²) in [4.78, 5) is 24.6. The third-order valence-electron chi connectivity index (χ3n) is 2.47. The summed E-state index contributed by atoms with van der Waals surface area (Å²) in [6, 6.07) is 6.85. The number of hydrogen-bond donors (Lipinski definition) is 2. The van der Waals surface area contributed by atoms with E-state index in [9.17, 15) is 9.59 Å². The number of carbonyl (C=O) groups excluding carboxylic acids is 2. The van der Waals surface area contributed by atoms with Crippen LogP contribution in [0.1, 0.15) is 36.7 Å². The third-order valence-corrected chi connectivity index (χ3v) is 2.47. The van der Waals surface area contributed by atoms with Crippen LogP contribution >= 0.6 is 0 Å². The number of nitrogen functional groups attached to an aromatic ring is 1. The van der Waals surface area contributed by atoms with Crippen LogP contribution in [0.2, 0.25) is 0 Å². The topological polar surface area (TPSA) is 84.7 Å². The van der Waals surface area contributed by atoms with Gasteiger partial charge in [-0.05, 0) is 38.5 Å². The highest BCUT2D eigenvalue weighted by atomic mass is 16.6. The Morgan fingerprint density at radius 1 is 1.25 bits per heavy atom. The minimum absolute atomic E-state index is 0.350. The fourth-order valence-electron chi connectivity index (χ4n) is 1.52. The number of hydrogen-bond acceptors (Lipinski definition) is 4. The molecule has 0 aliphatic rings. The number of ether oxygens (including phenoxy) is 1. The summed E-state index contributed by atoms with van der Waals surface area (Å²) in [5, 5.41) is 0. The second-order valence-corrected chi connectivity index (χ2v) is 5.51. The van der Waals surface area contributed by atoms with Crippen LogP contribution in [0.3, 0.4) is 0 Å². The maximum Gasteiger partial charge on any atom is 0.410 e. The molecule has 2 amide bonds. The van der Waals surface area contributed by atoms with Gasteiger partial charge in [0.2, 0.25) is 0 Å². The van der Waals surface area contributed by atoms with E-state index in [1.807, 2.05) is 20.8 Å². The molecule has 0 unspecified atom stereocenters. The van der Waals surface area contributed by atoms with Crippen molar-refractivity contribution in [2.24, 2.45) is 5.84 Å². The van der Waals surface area contributed by atoms with Crippen molar-refractivity contribution in [2.45, 2.75) is 32.9 Å². The quantitative estimate of drug-likeness (QED) is 0.500. The lowest BCUT2D eigenvalue weighted by atomic mass is 10.1. The maximum atomic E-state index is 11.8. The van der Waals surface area contributed by atoms with E-state index in [0.29, 0.717) is 12.1 Å². The molecule has 1 aromatic carbocycles. The van der Waals surface area contributed by atoms with Gasteiger partial charge in [-0.15, -0.1) is 0 Å². The number of amides is 2. The molecule has 0 bridgehead atoms. The smallest absolute Gasteiger partial charge is 0.410 e. The molecule has 0 aliphatic heterocycles. The van der Waals surface area contributed by atoms with Gasteiger partial charge in [0.15, 0.2) is 0 Å². The average Bonchev–Trinajstić information content (AvgIpc) is 2.36. The maximum absolute atomic E-state index is 11.8. The van der Waals surface area contributed by atoms with E-state index >= 15 is 0 Å². The lowest BCUT2D eigenvalue weighted by Crippen LogP contribution is -2.33. The Morgan fingerprint density at radius 3 is 2.25 bits per heavy atom. The Morgan fingerprint density at radius 2 is 1.80 bits per heavy atom. The van der Waals surface area contributed by atoms with E-state index in [2.05, 4.69) is 5.43 Å². The van der Waals surface area contributed by atoms with Crippen molar-refractivity contribution in [1.82, 2.24) is 10.3 Å². The fraction of sp³-hybridized carbons (Fsp3) is 0.429. The van der Waals surface area contributed by atoms with Crippen LogP contribution in [-0.2, 0) is 11.3 Å². The molecule has 20 heavy (non-hydrogen) atoms. The molecule has 1 aromatic rings. The van der Waals surface area contributed by atoms with Crippen LogP contribution in [0.5, 0.6) is 0 Å². The molecule has 0 fully saturated rings. The first kappa shape index (κ1) is 16.0. The van der Waals surface area contributed by atoms with Crippen LogP contribution in [0.25, 0.3) is 0 Å². The Kier molecular flexibility index (Phi) is 5.10. The first-order valence-electron chi connectivity index (χ1n) is 6.27. The minimum atomic E-state index is -0.519. The first-order valence-corrected chi connectivity index (χ1v) is 6.27. The summed E-state index contributed by atoms with van der Waals surface area (Å²) < 4.78 is 5.26. The second-order valence-electron chi connectivity index (χ2n) is 5.51. The van der Waals surface area contributed by atoms with E-state index in [4.69, 9.17) is 10.6 Å². The molecule has 0 radical (unpaired) electrons. The standard InChI is InChI=1S/C14H21N3O3/c1-14(2,3)20-13(19)17(4)9-10-5-7-11(8-6-10)12(18)16-15/h5-8H,9,15H2,1-4H3,(H,16,18). The molecule has 0 atom stereocenters. The Balaban J connectivity index is 2.64. The molecule has 110 valence electrons. The Bertz CT molecular complexity index is 477. The monoisotopic (exact) mass is 279 g/mol. The van der Waals surface area contributed by atoms with Crippen molar-refractivity contribution in [3.8, 4) is 0 Å². The van der Waals surface area contributed by atoms with Crippen LogP contribution in [0.15, 0.2) is 24.3 Å². The first-order chi connectivity index (χ1) is 9.23. The lowest BCUT2D eigenvalue weighted by Gasteiger charge is -2.24. The molecule has 0 aliphatic carbocycles. The van der Waals surface area contributed by atoms with Crippen molar-refractivity contribution >= 4 is 12.0 Å². The predicted molar refractivity (Wildman–Crippen MR) is 75.8 cm³/mol. The number of rotatable bonds is 3. The lowest BCUT2D eigenvalue weighted by molar-refractivity contribution is 0.0285. The summed E-state index contributed by atoms with van der Waals surface area (Å²) in [7, 11) is 1.66. The van der Waals surface area contributed by atoms with E-state index in [0.717, 1.165) is 5.56 Å². The zero-order valence-corrected chi connectivity index (χ0v) is 12.3. The normalized spacial score (nSPS) is 10.8. The predicted octanol–water partition coefficient (Wildman–Crippen LogP) is 1.66. The van der Waals surface area contributed by atoms with Gasteiger partial charge >= 0.3 is 6.09 Å². The minimum Gasteiger partial charge on any atom is -0.444 e. The second kappa shape index (κ2) is 6.38. The molecule has 6 heteroatoms. The average molecular weight is 279 g/mol. The van der Waals surface area contributed by atoms with Gasteiger partial charge in [-0.3, -0.25) is 10.2 Å². The fourth-order valence-corrected chi connectivity index (χ4v) is 1.52. The highest BCUT2D eigenvalue weighted by Crippen LogP contribution is 2.12. The van der Waals surface area contributed by atoms with Crippen LogP contribution in [-0.4, -0.2) is 29.5 Å². The van der Waals surface area contributed by atoms with Gasteiger partial charge in [0.05, 0.1) is 0 Å². The van der Waals surface area contributed by atoms with E-state index < -0.39 is 5.60 Å². The summed E-state index contributed by atoms with van der Waals surface area (Å²) in [5.74, 6) is 4.70. The molecule has 0 saturated carbocycles. The third kappa shape index (κ3) is 4.89. The number of nitrogens with zero attached hydrogens (tertiary/aromatic N) is 1. The number of hydrazine groups is 1. The van der Waals surface area contributed by atoms with Gasteiger partial charge in [0.1, 0.15) is 5.60 Å². The van der Waals surface area contributed by atoms with Gasteiger partial charge in [-0.25, -0.2) is 10.6 Å². The van der Waals surface area contributed by atoms with Gasteiger partial charge in [0.25, 0.3) is 5.91 Å². The molecule has 0 spiro atoms. The SMILES string of the molecule is CN(Cc1ccc(C(=O)NN)cc1)C(=O)OC(C)(C)C. The molecule has 0 heterocycles. The van der Waals surface area contributed by atoms with Crippen molar-refractivity contribution in [1.29, 1.82) is 0 Å². The van der Waals surface area contributed by atoms with Gasteiger partial charge in [-0.2, -0.15) is 0 Å². The summed E-state index contributed by atoms with van der Waals surface area (Å²) in [5.41, 5.74) is 2.91. The summed E-state index contributed by atoms with van der Waals surface area (Å²) >= 11 is 0. The Hall–Kier alpha value is -2.08. The van der Waals surface area contributed by atoms with E-state index in [1.165, 1.54) is 4.90 Å². The molecule has 0 saturated heterocycles. The van der Waals surface area contributed by atoms with Crippen molar-refractivity contribution < 1.29 is 14.3 Å². The van der Waals surface area contributed by atoms with Gasteiger partial charge in [0, 0.05) is 19.2 Å². The molecule has 1 rings (SSSR count). The van der Waals surface area contributed by atoms with Crippen LogP contribution in [0.4, 0.5) is 4.79 Å². The Labute approximate surface area is 118 Å². The van der Waals surface area contributed by atoms with Crippen molar-refractivity contribution in [2.75, 3.05) is 7.05 Å². The number of benzene rings is 1. The molecular formula is C14H21N3O3. The molecule has 3 N–H and O–H groups in total. The van der Waals surface area contributed by atoms with Crippen LogP contribution in [0, 0.1) is 0 Å².